The SMILES string of the molecule is [2H]C1N(c2ccccc2C)[C@@H](C)C2C=CC(c3ccccc3)(C3CCCCC3)N21. The molecule has 0 amide bonds. The number of rotatable bonds is 3. The second-order valence-corrected chi connectivity index (χ2v) is 8.83. The smallest absolute Gasteiger partial charge is 0.0727 e. The Hall–Kier alpha value is -2.06. The van der Waals surface area contributed by atoms with Crippen molar-refractivity contribution in [3.05, 3.63) is 77.9 Å². The maximum atomic E-state index is 9.42. The zero-order valence-electron chi connectivity index (χ0n) is 18.1. The number of anilines is 1. The molecule has 0 spiro atoms. The van der Waals surface area contributed by atoms with Gasteiger partial charge in [-0.05, 0) is 49.8 Å². The Morgan fingerprint density at radius 2 is 1.68 bits per heavy atom. The fourth-order valence-corrected chi connectivity index (χ4v) is 5.85. The number of aryl methyl sites for hydroxylation is 1. The lowest BCUT2D eigenvalue weighted by Crippen LogP contribution is -2.50. The number of hydrogen-bond donors (Lipinski definition) is 0. The minimum Gasteiger partial charge on any atom is -0.354 e. The van der Waals surface area contributed by atoms with Gasteiger partial charge in [-0.15, -0.1) is 0 Å². The molecule has 1 aliphatic carbocycles. The van der Waals surface area contributed by atoms with Gasteiger partial charge >= 0.3 is 0 Å². The van der Waals surface area contributed by atoms with E-state index in [1.54, 1.807) is 0 Å². The molecule has 2 fully saturated rings. The van der Waals surface area contributed by atoms with Gasteiger partial charge in [-0.1, -0.05) is 79.9 Å². The van der Waals surface area contributed by atoms with Crippen LogP contribution in [-0.2, 0) is 5.54 Å². The highest BCUT2D eigenvalue weighted by molar-refractivity contribution is 5.56. The monoisotopic (exact) mass is 373 g/mol. The summed E-state index contributed by atoms with van der Waals surface area (Å²) in [7, 11) is 0. The molecule has 3 aliphatic rings. The summed E-state index contributed by atoms with van der Waals surface area (Å²) in [5, 5.41) is 0. The molecule has 1 saturated carbocycles. The van der Waals surface area contributed by atoms with Crippen molar-refractivity contribution in [2.75, 3.05) is 11.5 Å². The van der Waals surface area contributed by atoms with Gasteiger partial charge in [0.1, 0.15) is 0 Å². The summed E-state index contributed by atoms with van der Waals surface area (Å²) in [6.07, 6.45) is 11.4. The first-order valence-electron chi connectivity index (χ1n) is 11.5. The van der Waals surface area contributed by atoms with E-state index in [0.717, 1.165) is 0 Å². The minimum atomic E-state index is -0.381. The van der Waals surface area contributed by atoms with Crippen molar-refractivity contribution in [3.8, 4) is 0 Å². The fourth-order valence-electron chi connectivity index (χ4n) is 5.85. The molecule has 146 valence electrons. The van der Waals surface area contributed by atoms with Gasteiger partial charge in [-0.25, -0.2) is 0 Å². The van der Waals surface area contributed by atoms with Gasteiger partial charge in [0.25, 0.3) is 0 Å². The second-order valence-electron chi connectivity index (χ2n) is 8.83. The summed E-state index contributed by atoms with van der Waals surface area (Å²) in [5.74, 6) is 0.580. The lowest BCUT2D eigenvalue weighted by atomic mass is 9.71. The largest absolute Gasteiger partial charge is 0.354 e. The predicted octanol–water partition coefficient (Wildman–Crippen LogP) is 5.88. The number of fused-ring (bicyclic) bond motifs is 1. The summed E-state index contributed by atoms with van der Waals surface area (Å²) in [4.78, 5) is 4.86. The number of para-hydroxylation sites is 1. The maximum absolute atomic E-state index is 9.42. The highest BCUT2D eigenvalue weighted by Crippen LogP contribution is 2.51. The zero-order valence-corrected chi connectivity index (χ0v) is 17.1. The number of benzene rings is 2. The third-order valence-electron chi connectivity index (χ3n) is 7.34. The van der Waals surface area contributed by atoms with Crippen LogP contribution >= 0.6 is 0 Å². The van der Waals surface area contributed by atoms with Crippen LogP contribution in [0.4, 0.5) is 5.69 Å². The molecule has 2 aromatic carbocycles. The molecule has 2 aromatic rings. The normalized spacial score (nSPS) is 33.9. The maximum Gasteiger partial charge on any atom is 0.0727 e. The third-order valence-corrected chi connectivity index (χ3v) is 7.34. The standard InChI is InChI=1S/C26H32N2/c1-20-11-9-10-16-24(20)27-19-28-25(21(27)2)17-18-26(28,22-12-5-3-6-13-22)23-14-7-4-8-15-23/h3,5-6,9-13,16-18,21,23,25H,4,7-8,14-15,19H2,1-2H3/t21-,25?,26?/m0/s1/i19D/t19?,21-,25?,26?. The summed E-state index contributed by atoms with van der Waals surface area (Å²) in [6, 6.07) is 20.1. The molecule has 2 heteroatoms. The predicted molar refractivity (Wildman–Crippen MR) is 117 cm³/mol. The average Bonchev–Trinajstić information content (AvgIpc) is 3.28. The Morgan fingerprint density at radius 1 is 0.964 bits per heavy atom. The van der Waals surface area contributed by atoms with Crippen molar-refractivity contribution >= 4 is 5.69 Å². The average molecular weight is 374 g/mol. The van der Waals surface area contributed by atoms with Crippen LogP contribution in [0.5, 0.6) is 0 Å². The van der Waals surface area contributed by atoms with Gasteiger partial charge in [0, 0.05) is 11.7 Å². The van der Waals surface area contributed by atoms with Crippen LogP contribution in [0, 0.1) is 12.8 Å². The Bertz CT molecular complexity index is 889. The molecule has 3 unspecified atom stereocenters. The highest BCUT2D eigenvalue weighted by atomic mass is 15.5. The van der Waals surface area contributed by atoms with Gasteiger partial charge < -0.3 is 4.90 Å². The van der Waals surface area contributed by atoms with E-state index in [1.807, 2.05) is 0 Å². The van der Waals surface area contributed by atoms with Gasteiger partial charge in [0.15, 0.2) is 0 Å². The van der Waals surface area contributed by atoms with Gasteiger partial charge in [0.05, 0.1) is 19.6 Å². The van der Waals surface area contributed by atoms with Crippen LogP contribution in [0.3, 0.4) is 0 Å². The molecule has 0 bridgehead atoms. The van der Waals surface area contributed by atoms with E-state index in [2.05, 4.69) is 90.4 Å². The lowest BCUT2D eigenvalue weighted by molar-refractivity contribution is 0.0674. The van der Waals surface area contributed by atoms with E-state index in [1.165, 1.54) is 48.9 Å². The molecule has 0 N–H and O–H groups in total. The van der Waals surface area contributed by atoms with Crippen molar-refractivity contribution in [2.24, 2.45) is 5.92 Å². The molecule has 5 rings (SSSR count). The van der Waals surface area contributed by atoms with Crippen molar-refractivity contribution in [3.63, 3.8) is 0 Å². The number of hydrogen-bond acceptors (Lipinski definition) is 2. The molecule has 28 heavy (non-hydrogen) atoms. The van der Waals surface area contributed by atoms with Gasteiger partial charge in [-0.3, -0.25) is 4.90 Å². The zero-order chi connectivity index (χ0) is 20.0. The molecular formula is C26H32N2. The third kappa shape index (κ3) is 2.65. The first-order chi connectivity index (χ1) is 14.1. The molecule has 2 nitrogen and oxygen atoms in total. The van der Waals surface area contributed by atoms with Crippen LogP contribution in [0.1, 0.15) is 51.5 Å². The molecule has 1 saturated heterocycles. The number of nitrogens with zero attached hydrogens (tertiary/aromatic N) is 2. The first-order valence-corrected chi connectivity index (χ1v) is 10.9. The van der Waals surface area contributed by atoms with E-state index < -0.39 is 0 Å². The van der Waals surface area contributed by atoms with E-state index in [-0.39, 0.29) is 24.3 Å². The summed E-state index contributed by atoms with van der Waals surface area (Å²) in [6.45, 7) is 4.08. The molecule has 2 heterocycles. The van der Waals surface area contributed by atoms with E-state index in [0.29, 0.717) is 5.92 Å². The van der Waals surface area contributed by atoms with Crippen LogP contribution < -0.4 is 4.90 Å². The van der Waals surface area contributed by atoms with E-state index in [4.69, 9.17) is 0 Å². The molecule has 0 aromatic heterocycles. The van der Waals surface area contributed by atoms with Gasteiger partial charge in [-0.2, -0.15) is 0 Å². The van der Waals surface area contributed by atoms with Crippen LogP contribution in [-0.4, -0.2) is 23.6 Å². The Labute approximate surface area is 171 Å². The summed E-state index contributed by atoms with van der Waals surface area (Å²) >= 11 is 0. The molecule has 4 atom stereocenters. The highest BCUT2D eigenvalue weighted by Gasteiger charge is 2.54. The Kier molecular flexibility index (Phi) is 4.26. The van der Waals surface area contributed by atoms with Crippen LogP contribution in [0.2, 0.25) is 0 Å². The fraction of sp³-hybridized carbons (Fsp3) is 0.462. The molecule has 2 aliphatic heterocycles. The van der Waals surface area contributed by atoms with Crippen molar-refractivity contribution in [1.29, 1.82) is 0 Å². The minimum absolute atomic E-state index is 0.162. The van der Waals surface area contributed by atoms with E-state index >= 15 is 0 Å². The molecular weight excluding hydrogens is 340 g/mol. The lowest BCUT2D eigenvalue weighted by Gasteiger charge is -2.46. The quantitative estimate of drug-likeness (QED) is 0.620. The van der Waals surface area contributed by atoms with Gasteiger partial charge in [0.2, 0.25) is 0 Å². The van der Waals surface area contributed by atoms with Crippen LogP contribution in [0.25, 0.3) is 0 Å². The summed E-state index contributed by atoms with van der Waals surface area (Å²) < 4.78 is 9.42. The second kappa shape index (κ2) is 7.08. The Balaban J connectivity index is 1.62. The van der Waals surface area contributed by atoms with Crippen molar-refractivity contribution in [1.82, 2.24) is 4.90 Å². The van der Waals surface area contributed by atoms with E-state index in [9.17, 15) is 1.37 Å². The van der Waals surface area contributed by atoms with Crippen molar-refractivity contribution in [2.45, 2.75) is 63.6 Å². The topological polar surface area (TPSA) is 6.48 Å². The van der Waals surface area contributed by atoms with Crippen molar-refractivity contribution < 1.29 is 1.37 Å². The van der Waals surface area contributed by atoms with Crippen LogP contribution in [0.15, 0.2) is 66.7 Å². The Morgan fingerprint density at radius 3 is 2.43 bits per heavy atom. The summed E-state index contributed by atoms with van der Waals surface area (Å²) in [5.41, 5.74) is 3.66. The first kappa shape index (κ1) is 16.9. The molecule has 0 radical (unpaired) electrons.